The summed E-state index contributed by atoms with van der Waals surface area (Å²) in [7, 11) is 1.61. The molecule has 0 saturated heterocycles. The molecule has 0 aliphatic rings. The van der Waals surface area contributed by atoms with Gasteiger partial charge in [0.2, 0.25) is 0 Å². The van der Waals surface area contributed by atoms with Crippen molar-refractivity contribution in [1.29, 1.82) is 0 Å². The summed E-state index contributed by atoms with van der Waals surface area (Å²) in [6.07, 6.45) is 3.63. The number of hydrogen-bond donors (Lipinski definition) is 1. The number of methoxy groups -OCH3 is 1. The first-order chi connectivity index (χ1) is 14.1. The van der Waals surface area contributed by atoms with Gasteiger partial charge in [0.25, 0.3) is 5.91 Å². The monoisotopic (exact) mass is 410 g/mol. The zero-order valence-electron chi connectivity index (χ0n) is 17.0. The summed E-state index contributed by atoms with van der Waals surface area (Å²) < 4.78 is 11.0. The van der Waals surface area contributed by atoms with Gasteiger partial charge in [-0.1, -0.05) is 38.1 Å². The number of carbonyl (C=O) groups excluding carboxylic acids is 1. The number of rotatable bonds is 9. The average molecular weight is 411 g/mol. The van der Waals surface area contributed by atoms with Gasteiger partial charge in [-0.3, -0.25) is 10.1 Å². The lowest BCUT2D eigenvalue weighted by Gasteiger charge is -2.16. The minimum atomic E-state index is -0.586. The highest BCUT2D eigenvalue weighted by Crippen LogP contribution is 2.23. The molecule has 1 N–H and O–H groups in total. The minimum absolute atomic E-state index is 0.198. The third kappa shape index (κ3) is 5.81. The van der Waals surface area contributed by atoms with E-state index in [0.717, 1.165) is 23.5 Å². The Kier molecular flexibility index (Phi) is 7.25. The molecular formula is C23H26N2O3S. The highest BCUT2D eigenvalue weighted by Gasteiger charge is 2.20. The van der Waals surface area contributed by atoms with Crippen molar-refractivity contribution in [3.63, 3.8) is 0 Å². The lowest BCUT2D eigenvalue weighted by atomic mass is 10.1. The second-order valence-electron chi connectivity index (χ2n) is 6.66. The molecule has 3 rings (SSSR count). The molecule has 0 fully saturated rings. The summed E-state index contributed by atoms with van der Waals surface area (Å²) >= 11 is 1.49. The molecule has 0 aliphatic heterocycles. The molecule has 0 radical (unpaired) electrons. The maximum absolute atomic E-state index is 12.6. The van der Waals surface area contributed by atoms with Gasteiger partial charge in [0.15, 0.2) is 11.2 Å². The van der Waals surface area contributed by atoms with E-state index < -0.39 is 6.10 Å². The lowest BCUT2D eigenvalue weighted by molar-refractivity contribution is -0.122. The zero-order valence-corrected chi connectivity index (χ0v) is 17.8. The van der Waals surface area contributed by atoms with Gasteiger partial charge >= 0.3 is 0 Å². The maximum Gasteiger partial charge on any atom is 0.267 e. The first kappa shape index (κ1) is 20.9. The molecule has 6 heteroatoms. The van der Waals surface area contributed by atoms with Gasteiger partial charge in [0.05, 0.1) is 7.11 Å². The van der Waals surface area contributed by atoms with Crippen LogP contribution in [-0.4, -0.2) is 24.1 Å². The van der Waals surface area contributed by atoms with E-state index in [2.05, 4.69) is 41.5 Å². The maximum atomic E-state index is 12.6. The number of anilines is 1. The third-order valence-corrected chi connectivity index (χ3v) is 5.51. The fourth-order valence-corrected chi connectivity index (χ4v) is 3.72. The van der Waals surface area contributed by atoms with Crippen LogP contribution in [0.3, 0.4) is 0 Å². The number of aromatic nitrogens is 1. The molecule has 0 spiro atoms. The van der Waals surface area contributed by atoms with E-state index in [4.69, 9.17) is 9.47 Å². The van der Waals surface area contributed by atoms with Crippen LogP contribution in [0.15, 0.2) is 54.7 Å². The van der Waals surface area contributed by atoms with Crippen LogP contribution in [-0.2, 0) is 17.6 Å². The number of thiazole rings is 1. The number of ether oxygens (including phenoxy) is 2. The first-order valence-corrected chi connectivity index (χ1v) is 10.6. The molecule has 0 aliphatic carbocycles. The molecule has 1 heterocycles. The summed E-state index contributed by atoms with van der Waals surface area (Å²) in [6, 6.07) is 15.8. The molecule has 1 aromatic heterocycles. The standard InChI is InChI=1S/C23H26N2O3S/c1-4-16-6-8-17(9-7-16)14-20-15-24-23(29-20)25-22(26)21(5-2)28-19-12-10-18(27-3)11-13-19/h6-13,15,21H,4-5,14H2,1-3H3,(H,24,25,26). The summed E-state index contributed by atoms with van der Waals surface area (Å²) in [5.74, 6) is 1.18. The van der Waals surface area contributed by atoms with Gasteiger partial charge in [-0.2, -0.15) is 0 Å². The van der Waals surface area contributed by atoms with E-state index >= 15 is 0 Å². The van der Waals surface area contributed by atoms with Crippen LogP contribution in [0.2, 0.25) is 0 Å². The van der Waals surface area contributed by atoms with E-state index in [1.165, 1.54) is 22.5 Å². The van der Waals surface area contributed by atoms with Gasteiger partial charge in [-0.05, 0) is 48.2 Å². The Morgan fingerprint density at radius 2 is 1.69 bits per heavy atom. The van der Waals surface area contributed by atoms with Crippen molar-refractivity contribution < 1.29 is 14.3 Å². The van der Waals surface area contributed by atoms with E-state index in [0.29, 0.717) is 17.3 Å². The first-order valence-electron chi connectivity index (χ1n) is 9.75. The molecule has 152 valence electrons. The normalized spacial score (nSPS) is 11.7. The van der Waals surface area contributed by atoms with Crippen molar-refractivity contribution in [3.8, 4) is 11.5 Å². The Bertz CT molecular complexity index is 920. The topological polar surface area (TPSA) is 60.5 Å². The fraction of sp³-hybridized carbons (Fsp3) is 0.304. The molecule has 1 unspecified atom stereocenters. The highest BCUT2D eigenvalue weighted by atomic mass is 32.1. The number of nitrogens with one attached hydrogen (secondary N) is 1. The van der Waals surface area contributed by atoms with Crippen LogP contribution in [0.4, 0.5) is 5.13 Å². The van der Waals surface area contributed by atoms with Crippen LogP contribution >= 0.6 is 11.3 Å². The lowest BCUT2D eigenvalue weighted by Crippen LogP contribution is -2.32. The van der Waals surface area contributed by atoms with Crippen molar-refractivity contribution in [2.45, 2.75) is 39.2 Å². The second kappa shape index (κ2) is 10.1. The molecule has 5 nitrogen and oxygen atoms in total. The summed E-state index contributed by atoms with van der Waals surface area (Å²) in [5.41, 5.74) is 2.56. The van der Waals surface area contributed by atoms with Gasteiger partial charge < -0.3 is 9.47 Å². The quantitative estimate of drug-likeness (QED) is 0.533. The minimum Gasteiger partial charge on any atom is -0.497 e. The second-order valence-corrected chi connectivity index (χ2v) is 7.77. The predicted molar refractivity (Wildman–Crippen MR) is 117 cm³/mol. The van der Waals surface area contributed by atoms with Gasteiger partial charge in [0.1, 0.15) is 11.5 Å². The third-order valence-electron chi connectivity index (χ3n) is 4.59. The Labute approximate surface area is 175 Å². The number of benzene rings is 2. The van der Waals surface area contributed by atoms with Crippen LogP contribution in [0.5, 0.6) is 11.5 Å². The molecule has 1 amide bonds. The van der Waals surface area contributed by atoms with Gasteiger partial charge in [-0.15, -0.1) is 11.3 Å². The van der Waals surface area contributed by atoms with E-state index in [1.807, 2.05) is 13.1 Å². The highest BCUT2D eigenvalue weighted by molar-refractivity contribution is 7.15. The van der Waals surface area contributed by atoms with Crippen LogP contribution in [0.1, 0.15) is 36.3 Å². The van der Waals surface area contributed by atoms with Crippen molar-refractivity contribution in [2.75, 3.05) is 12.4 Å². The summed E-state index contributed by atoms with van der Waals surface area (Å²) in [5, 5.41) is 3.47. The molecule has 0 bridgehead atoms. The Balaban J connectivity index is 1.58. The number of amides is 1. The molecular weight excluding hydrogens is 384 g/mol. The summed E-state index contributed by atoms with van der Waals surface area (Å²) in [4.78, 5) is 18.1. The van der Waals surface area contributed by atoms with Crippen LogP contribution in [0.25, 0.3) is 0 Å². The van der Waals surface area contributed by atoms with Crippen molar-refractivity contribution in [3.05, 3.63) is 70.7 Å². The number of carbonyl (C=O) groups is 1. The zero-order chi connectivity index (χ0) is 20.6. The van der Waals surface area contributed by atoms with E-state index in [-0.39, 0.29) is 5.91 Å². The van der Waals surface area contributed by atoms with Crippen LogP contribution in [0, 0.1) is 0 Å². The molecule has 3 aromatic rings. The van der Waals surface area contributed by atoms with Crippen molar-refractivity contribution in [1.82, 2.24) is 4.98 Å². The molecule has 2 aromatic carbocycles. The number of hydrogen-bond acceptors (Lipinski definition) is 5. The Morgan fingerprint density at radius 3 is 2.31 bits per heavy atom. The molecule has 29 heavy (non-hydrogen) atoms. The number of nitrogens with zero attached hydrogens (tertiary/aromatic N) is 1. The largest absolute Gasteiger partial charge is 0.497 e. The fourth-order valence-electron chi connectivity index (χ4n) is 2.87. The average Bonchev–Trinajstić information content (AvgIpc) is 3.19. The van der Waals surface area contributed by atoms with E-state index in [1.54, 1.807) is 31.4 Å². The van der Waals surface area contributed by atoms with Gasteiger partial charge in [0, 0.05) is 17.5 Å². The van der Waals surface area contributed by atoms with Crippen LogP contribution < -0.4 is 14.8 Å². The van der Waals surface area contributed by atoms with Crippen molar-refractivity contribution >= 4 is 22.4 Å². The Hall–Kier alpha value is -2.86. The smallest absolute Gasteiger partial charge is 0.267 e. The van der Waals surface area contributed by atoms with Crippen molar-refractivity contribution in [2.24, 2.45) is 0 Å². The molecule has 1 atom stereocenters. The number of aryl methyl sites for hydroxylation is 1. The van der Waals surface area contributed by atoms with E-state index in [9.17, 15) is 4.79 Å². The van der Waals surface area contributed by atoms with Gasteiger partial charge in [-0.25, -0.2) is 4.98 Å². The predicted octanol–water partition coefficient (Wildman–Crippen LogP) is 5.10. The molecule has 0 saturated carbocycles. The Morgan fingerprint density at radius 1 is 1.03 bits per heavy atom. The summed E-state index contributed by atoms with van der Waals surface area (Å²) in [6.45, 7) is 4.07. The SMILES string of the molecule is CCc1ccc(Cc2cnc(NC(=O)C(CC)Oc3ccc(OC)cc3)s2)cc1.